The molecule has 106 heavy (non-hydrogen) atoms. The lowest BCUT2D eigenvalue weighted by atomic mass is 9.95. The molecular weight excluding hydrogens is 1350 g/mol. The minimum atomic E-state index is -1.17. The summed E-state index contributed by atoms with van der Waals surface area (Å²) in [6.07, 6.45) is 0.258. The molecule has 10 aromatic carbocycles. The summed E-state index contributed by atoms with van der Waals surface area (Å²) in [7, 11) is 0. The van der Waals surface area contributed by atoms with Crippen molar-refractivity contribution in [1.29, 1.82) is 36.8 Å². The third kappa shape index (κ3) is 26.2. The van der Waals surface area contributed by atoms with Crippen LogP contribution in [0.1, 0.15) is 103 Å². The molecular formula is C84H69F3N8O11. The third-order valence-electron chi connectivity index (χ3n) is 14.1. The molecule has 2 amide bonds. The number of nitrogens with zero attached hydrogens (tertiary/aromatic N) is 7. The Labute approximate surface area is 612 Å². The Bertz CT molecular complexity index is 5020. The molecule has 532 valence electrons. The van der Waals surface area contributed by atoms with Gasteiger partial charge in [-0.05, 0) is 191 Å². The number of imide groups is 1. The van der Waals surface area contributed by atoms with E-state index >= 15 is 0 Å². The van der Waals surface area contributed by atoms with E-state index in [2.05, 4.69) is 22.2 Å². The van der Waals surface area contributed by atoms with Gasteiger partial charge in [0.2, 0.25) is 5.91 Å². The molecule has 10 aromatic rings. The highest BCUT2D eigenvalue weighted by Gasteiger charge is 2.28. The second-order valence-corrected chi connectivity index (χ2v) is 22.3. The van der Waals surface area contributed by atoms with Crippen LogP contribution in [0.25, 0.3) is 0 Å². The van der Waals surface area contributed by atoms with Crippen LogP contribution in [0.15, 0.2) is 212 Å². The summed E-state index contributed by atoms with van der Waals surface area (Å²) in [4.78, 5) is 45.5. The summed E-state index contributed by atoms with van der Waals surface area (Å²) in [5.41, 5.74) is 7.39. The first-order valence-corrected chi connectivity index (χ1v) is 32.3. The monoisotopic (exact) mass is 1420 g/mol. The van der Waals surface area contributed by atoms with Crippen molar-refractivity contribution in [2.45, 2.75) is 73.6 Å². The zero-order valence-electron chi connectivity index (χ0n) is 58.6. The highest BCUT2D eigenvalue weighted by Crippen LogP contribution is 2.34. The van der Waals surface area contributed by atoms with Gasteiger partial charge in [0.1, 0.15) is 111 Å². The average molecular weight is 1420 g/mol. The first kappa shape index (κ1) is 82.2. The lowest BCUT2D eigenvalue weighted by Gasteiger charge is -2.18. The van der Waals surface area contributed by atoms with E-state index in [4.69, 9.17) is 49.8 Å². The molecule has 1 aliphatic heterocycles. The van der Waals surface area contributed by atoms with Crippen LogP contribution in [0.2, 0.25) is 0 Å². The number of nitriles is 7. The molecule has 1 aliphatic rings. The molecule has 1 unspecified atom stereocenters. The zero-order valence-corrected chi connectivity index (χ0v) is 58.6. The number of esters is 2. The predicted octanol–water partition coefficient (Wildman–Crippen LogP) is 18.0. The van der Waals surface area contributed by atoms with Crippen LogP contribution in [0.3, 0.4) is 0 Å². The predicted molar refractivity (Wildman–Crippen MR) is 386 cm³/mol. The number of hydrogen-bond donors (Lipinski definition) is 2. The molecule has 0 bridgehead atoms. The number of carbonyl (C=O) groups is 4. The second kappa shape index (κ2) is 43.2. The summed E-state index contributed by atoms with van der Waals surface area (Å²) >= 11 is 0. The van der Waals surface area contributed by atoms with Crippen molar-refractivity contribution in [3.63, 3.8) is 0 Å². The van der Waals surface area contributed by atoms with Crippen LogP contribution in [-0.4, -0.2) is 42.1 Å². The first-order valence-electron chi connectivity index (χ1n) is 32.3. The van der Waals surface area contributed by atoms with E-state index in [1.54, 1.807) is 111 Å². The summed E-state index contributed by atoms with van der Waals surface area (Å²) in [6, 6.07) is 73.1. The first-order chi connectivity index (χ1) is 51.0. The quantitative estimate of drug-likeness (QED) is 0.0754. The topological polar surface area (TPSA) is 322 Å². The van der Waals surface area contributed by atoms with E-state index in [1.807, 2.05) is 144 Å². The molecule has 0 saturated heterocycles. The molecule has 0 fully saturated rings. The van der Waals surface area contributed by atoms with Crippen LogP contribution < -0.4 is 24.3 Å². The number of nitrogens with one attached hydrogen (secondary N) is 1. The molecule has 2 N–H and O–H groups in total. The fourth-order valence-corrected chi connectivity index (χ4v) is 9.39. The van der Waals surface area contributed by atoms with Crippen LogP contribution in [0, 0.1) is 131 Å². The smallest absolute Gasteiger partial charge is 0.327 e. The molecule has 0 spiro atoms. The number of carbonyl (C=O) groups excluding carboxylic acids is 4. The van der Waals surface area contributed by atoms with Gasteiger partial charge in [-0.1, -0.05) is 109 Å². The van der Waals surface area contributed by atoms with Crippen LogP contribution in [0.4, 0.5) is 13.2 Å². The van der Waals surface area contributed by atoms with Crippen molar-refractivity contribution in [3.8, 4) is 94.2 Å². The number of aromatic hydroxyl groups is 1. The van der Waals surface area contributed by atoms with E-state index in [0.29, 0.717) is 74.9 Å². The van der Waals surface area contributed by atoms with Gasteiger partial charge < -0.3 is 33.5 Å². The van der Waals surface area contributed by atoms with E-state index in [-0.39, 0.29) is 54.2 Å². The van der Waals surface area contributed by atoms with Crippen LogP contribution >= 0.6 is 0 Å². The maximum absolute atomic E-state index is 13.3. The van der Waals surface area contributed by atoms with Gasteiger partial charge in [-0.2, -0.15) is 36.8 Å². The van der Waals surface area contributed by atoms with Crippen molar-refractivity contribution in [1.82, 2.24) is 5.32 Å². The van der Waals surface area contributed by atoms with Gasteiger partial charge in [0, 0.05) is 5.56 Å². The standard InChI is InChI=1S/C19H16N2O3.C16H12N2O.C16H13NO3.C14H10FNO.C7H3F2N.C7H8O.C5H7NO2/c1-3-23-19(22)17(12-21)15-8-5-9-18(16(15)11-20)24-14-7-4-6-13(2)10-14;1-12-4-2-6-14(10-12)19-16-7-3-5-13(8-9-17)15(16)11-18;1-10-4-2-6-12(8-10)20-13-7-3-5-11-9-14(18)17-16(19)15(11)13;1-10-4-2-5-11(8-10)17-14-7-3-6-13(15)12(14)9-16;8-6-2-1-3-7(9)5(6)4-10;1-6-3-2-4-7(8)5-6;1-2-8-5(7)3-4-6/h4-10,17H,3H2,1-2H3;2-7,10H,8H2,1H3;2-8H,9H2,1H3,(H,17,18,19);2-8H,1H3;1-3H;2-5,8H,1H3;2-3H2,1H3. The Morgan fingerprint density at radius 3 is 1.27 bits per heavy atom. The van der Waals surface area contributed by atoms with Gasteiger partial charge in [0.05, 0.1) is 61.0 Å². The molecule has 0 aliphatic carbocycles. The third-order valence-corrected chi connectivity index (χ3v) is 14.1. The Hall–Kier alpha value is -14.5. The Morgan fingerprint density at radius 1 is 0.462 bits per heavy atom. The maximum Gasteiger partial charge on any atom is 0.327 e. The van der Waals surface area contributed by atoms with E-state index in [0.717, 1.165) is 39.9 Å². The summed E-state index contributed by atoms with van der Waals surface area (Å²) in [5, 5.41) is 72.9. The van der Waals surface area contributed by atoms with Crippen molar-refractivity contribution in [3.05, 3.63) is 302 Å². The molecule has 11 rings (SSSR count). The average Bonchev–Trinajstić information content (AvgIpc) is 0.802. The fraction of sp³-hybridized carbons (Fsp3) is 0.155. The highest BCUT2D eigenvalue weighted by molar-refractivity contribution is 6.11. The minimum absolute atomic E-state index is 0.0750. The maximum atomic E-state index is 13.3. The van der Waals surface area contributed by atoms with Gasteiger partial charge in [0.25, 0.3) is 5.91 Å². The van der Waals surface area contributed by atoms with Crippen molar-refractivity contribution < 1.29 is 65.9 Å². The minimum Gasteiger partial charge on any atom is -0.508 e. The molecule has 0 radical (unpaired) electrons. The van der Waals surface area contributed by atoms with Crippen molar-refractivity contribution in [2.24, 2.45) is 0 Å². The number of phenolic OH excluding ortho intramolecular Hbond substituents is 1. The van der Waals surface area contributed by atoms with Crippen LogP contribution in [0.5, 0.6) is 51.7 Å². The highest BCUT2D eigenvalue weighted by atomic mass is 19.1. The Balaban J connectivity index is 0.000000229. The van der Waals surface area contributed by atoms with Gasteiger partial charge in [0.15, 0.2) is 5.92 Å². The number of ether oxygens (including phenoxy) is 6. The number of halogens is 3. The van der Waals surface area contributed by atoms with Gasteiger partial charge in [-0.25, -0.2) is 13.2 Å². The molecule has 22 heteroatoms. The van der Waals surface area contributed by atoms with E-state index < -0.39 is 46.8 Å². The molecule has 0 saturated carbocycles. The number of fused-ring (bicyclic) bond motifs is 1. The largest absolute Gasteiger partial charge is 0.508 e. The number of phenols is 1. The Kier molecular flexibility index (Phi) is 33.5. The number of rotatable bonds is 14. The summed E-state index contributed by atoms with van der Waals surface area (Å²) in [5.74, 6) is -0.835. The van der Waals surface area contributed by atoms with E-state index in [9.17, 15) is 48.1 Å². The lowest BCUT2D eigenvalue weighted by molar-refractivity contribution is -0.143. The summed E-state index contributed by atoms with van der Waals surface area (Å²) in [6.45, 7) is 13.6. The van der Waals surface area contributed by atoms with Crippen molar-refractivity contribution >= 4 is 23.8 Å². The zero-order chi connectivity index (χ0) is 77.5. The summed E-state index contributed by atoms with van der Waals surface area (Å²) < 4.78 is 70.2. The second-order valence-electron chi connectivity index (χ2n) is 22.3. The van der Waals surface area contributed by atoms with Crippen LogP contribution in [-0.2, 0) is 36.7 Å². The van der Waals surface area contributed by atoms with E-state index in [1.165, 1.54) is 24.3 Å². The van der Waals surface area contributed by atoms with Gasteiger partial charge in [-0.3, -0.25) is 24.5 Å². The molecule has 19 nitrogen and oxygen atoms in total. The molecule has 1 heterocycles. The number of benzene rings is 10. The van der Waals surface area contributed by atoms with Crippen molar-refractivity contribution in [2.75, 3.05) is 13.2 Å². The number of aryl methyl sites for hydroxylation is 5. The lowest BCUT2D eigenvalue weighted by Crippen LogP contribution is -2.37. The van der Waals surface area contributed by atoms with Gasteiger partial charge in [-0.15, -0.1) is 0 Å². The number of amides is 2. The normalized spacial score (nSPS) is 10.4. The molecule has 1 atom stereocenters. The van der Waals surface area contributed by atoms with Gasteiger partial charge >= 0.3 is 11.9 Å². The number of hydrogen-bond acceptors (Lipinski definition) is 18. The Morgan fingerprint density at radius 2 is 0.858 bits per heavy atom. The fourth-order valence-electron chi connectivity index (χ4n) is 9.39. The molecule has 0 aromatic heterocycles. The SMILES string of the molecule is CCOC(=O)C(C#N)c1cccc(Oc2cccc(C)c2)c1C#N.CCOC(=O)CC#N.Cc1cccc(O)c1.Cc1cccc(Oc2cccc(CC#N)c2C#N)c1.Cc1cccc(Oc2cccc(F)c2C#N)c1.Cc1cccc(Oc2cccc3c2C(=O)NC(=O)C3)c1.N#Cc1c(F)cccc1F.